The Balaban J connectivity index is 1.92. The first-order chi connectivity index (χ1) is 14.5. The number of allylic oxidation sites excluding steroid dienone is 1. The van der Waals surface area contributed by atoms with Crippen molar-refractivity contribution in [2.24, 2.45) is 0 Å². The summed E-state index contributed by atoms with van der Waals surface area (Å²) < 4.78 is 12.3. The standard InChI is InChI=1S/C24H25NO3S2/c1-5-7-19-12-18(14-21-23(26)25(6-2)24(29)30-21)13-20(27-4)22(19)28-15-17-10-8-16(3)9-11-17/h5,8-14H,1,6-7,15H2,2-4H3. The van der Waals surface area contributed by atoms with Crippen molar-refractivity contribution in [3.05, 3.63) is 76.2 Å². The number of amides is 1. The number of hydrogen-bond donors (Lipinski definition) is 0. The van der Waals surface area contributed by atoms with E-state index in [-0.39, 0.29) is 5.91 Å². The number of methoxy groups -OCH3 is 1. The van der Waals surface area contributed by atoms with Crippen molar-refractivity contribution >= 4 is 40.3 Å². The van der Waals surface area contributed by atoms with Crippen LogP contribution >= 0.6 is 24.0 Å². The van der Waals surface area contributed by atoms with Gasteiger partial charge in [0.05, 0.1) is 12.0 Å². The first-order valence-electron chi connectivity index (χ1n) is 9.72. The van der Waals surface area contributed by atoms with Crippen LogP contribution in [0.1, 0.15) is 29.2 Å². The number of aryl methyl sites for hydroxylation is 1. The number of hydrogen-bond acceptors (Lipinski definition) is 5. The summed E-state index contributed by atoms with van der Waals surface area (Å²) in [5.74, 6) is 1.26. The molecule has 1 saturated heterocycles. The van der Waals surface area contributed by atoms with E-state index in [0.717, 1.165) is 16.7 Å². The molecule has 0 aromatic heterocycles. The molecule has 0 aliphatic carbocycles. The second-order valence-electron chi connectivity index (χ2n) is 6.90. The molecule has 0 unspecified atom stereocenters. The van der Waals surface area contributed by atoms with Crippen molar-refractivity contribution in [2.45, 2.75) is 26.9 Å². The molecule has 0 radical (unpaired) electrons. The smallest absolute Gasteiger partial charge is 0.266 e. The number of nitrogens with zero attached hydrogens (tertiary/aromatic N) is 1. The van der Waals surface area contributed by atoms with Gasteiger partial charge in [0, 0.05) is 12.1 Å². The molecule has 156 valence electrons. The first kappa shape index (κ1) is 22.1. The Bertz CT molecular complexity index is 996. The minimum atomic E-state index is -0.0589. The number of likely N-dealkylation sites (N-methyl/N-ethyl adjacent to an activating group) is 1. The lowest BCUT2D eigenvalue weighted by Gasteiger charge is -2.16. The van der Waals surface area contributed by atoms with E-state index >= 15 is 0 Å². The molecular formula is C24H25NO3S2. The Hall–Kier alpha value is -2.57. The van der Waals surface area contributed by atoms with Crippen LogP contribution < -0.4 is 9.47 Å². The Morgan fingerprint density at radius 1 is 1.23 bits per heavy atom. The summed E-state index contributed by atoms with van der Waals surface area (Å²) in [4.78, 5) is 14.8. The summed E-state index contributed by atoms with van der Waals surface area (Å²) >= 11 is 6.63. The topological polar surface area (TPSA) is 38.8 Å². The normalized spacial score (nSPS) is 15.0. The Morgan fingerprint density at radius 2 is 1.97 bits per heavy atom. The van der Waals surface area contributed by atoms with Crippen LogP contribution in [0.25, 0.3) is 6.08 Å². The quantitative estimate of drug-likeness (QED) is 0.307. The Labute approximate surface area is 187 Å². The molecule has 1 heterocycles. The summed E-state index contributed by atoms with van der Waals surface area (Å²) in [6, 6.07) is 12.1. The van der Waals surface area contributed by atoms with Gasteiger partial charge in [-0.15, -0.1) is 6.58 Å². The molecule has 1 amide bonds. The number of carbonyl (C=O) groups is 1. The monoisotopic (exact) mass is 439 g/mol. The fourth-order valence-corrected chi connectivity index (χ4v) is 4.54. The molecule has 0 N–H and O–H groups in total. The summed E-state index contributed by atoms with van der Waals surface area (Å²) in [7, 11) is 1.62. The Kier molecular flexibility index (Phi) is 7.34. The van der Waals surface area contributed by atoms with Crippen LogP contribution in [0.3, 0.4) is 0 Å². The maximum Gasteiger partial charge on any atom is 0.266 e. The van der Waals surface area contributed by atoms with E-state index in [4.69, 9.17) is 21.7 Å². The zero-order chi connectivity index (χ0) is 21.7. The van der Waals surface area contributed by atoms with Crippen LogP contribution in [0.15, 0.2) is 54.0 Å². The molecule has 0 saturated carbocycles. The van der Waals surface area contributed by atoms with Crippen LogP contribution in [-0.4, -0.2) is 28.8 Å². The van der Waals surface area contributed by atoms with Crippen molar-refractivity contribution in [3.63, 3.8) is 0 Å². The van der Waals surface area contributed by atoms with Gasteiger partial charge in [-0.25, -0.2) is 0 Å². The van der Waals surface area contributed by atoms with E-state index in [2.05, 4.69) is 37.8 Å². The minimum absolute atomic E-state index is 0.0589. The maximum atomic E-state index is 12.5. The number of ether oxygens (including phenoxy) is 2. The van der Waals surface area contributed by atoms with Crippen molar-refractivity contribution in [3.8, 4) is 11.5 Å². The van der Waals surface area contributed by atoms with Crippen molar-refractivity contribution in [1.82, 2.24) is 4.90 Å². The van der Waals surface area contributed by atoms with Gasteiger partial charge in [0.25, 0.3) is 5.91 Å². The van der Waals surface area contributed by atoms with Crippen molar-refractivity contribution in [1.29, 1.82) is 0 Å². The van der Waals surface area contributed by atoms with Crippen LogP contribution in [0.5, 0.6) is 11.5 Å². The second kappa shape index (κ2) is 9.96. The summed E-state index contributed by atoms with van der Waals surface area (Å²) in [6.45, 7) is 8.84. The highest BCUT2D eigenvalue weighted by Gasteiger charge is 2.30. The first-order valence-corrected chi connectivity index (χ1v) is 10.9. The molecule has 0 atom stereocenters. The van der Waals surface area contributed by atoms with E-state index in [0.29, 0.717) is 40.3 Å². The summed E-state index contributed by atoms with van der Waals surface area (Å²) in [5, 5.41) is 0. The SMILES string of the molecule is C=CCc1cc(C=C2SC(=S)N(CC)C2=O)cc(OC)c1OCc1ccc(C)cc1. The van der Waals surface area contributed by atoms with E-state index < -0.39 is 0 Å². The van der Waals surface area contributed by atoms with E-state index in [1.807, 2.05) is 31.2 Å². The van der Waals surface area contributed by atoms with Gasteiger partial charge in [-0.3, -0.25) is 9.69 Å². The number of thiocarbonyl (C=S) groups is 1. The van der Waals surface area contributed by atoms with E-state index in [1.165, 1.54) is 17.3 Å². The third-order valence-electron chi connectivity index (χ3n) is 4.73. The third-order valence-corrected chi connectivity index (χ3v) is 6.11. The van der Waals surface area contributed by atoms with Crippen molar-refractivity contribution < 1.29 is 14.3 Å². The molecule has 4 nitrogen and oxygen atoms in total. The van der Waals surface area contributed by atoms with Crippen LogP contribution in [0.2, 0.25) is 0 Å². The average Bonchev–Trinajstić information content (AvgIpc) is 3.00. The predicted molar refractivity (Wildman–Crippen MR) is 128 cm³/mol. The Morgan fingerprint density at radius 3 is 2.57 bits per heavy atom. The van der Waals surface area contributed by atoms with Crippen LogP contribution in [0, 0.1) is 6.92 Å². The molecular weight excluding hydrogens is 414 g/mol. The van der Waals surface area contributed by atoms with Crippen molar-refractivity contribution in [2.75, 3.05) is 13.7 Å². The lowest BCUT2D eigenvalue weighted by Crippen LogP contribution is -2.27. The number of thioether (sulfide) groups is 1. The second-order valence-corrected chi connectivity index (χ2v) is 8.58. The molecule has 1 fully saturated rings. The highest BCUT2D eigenvalue weighted by atomic mass is 32.2. The van der Waals surface area contributed by atoms with Gasteiger partial charge in [0.15, 0.2) is 11.5 Å². The van der Waals surface area contributed by atoms with E-state index in [9.17, 15) is 4.79 Å². The van der Waals surface area contributed by atoms with E-state index in [1.54, 1.807) is 12.0 Å². The molecule has 30 heavy (non-hydrogen) atoms. The summed E-state index contributed by atoms with van der Waals surface area (Å²) in [5.41, 5.74) is 4.11. The molecule has 1 aliphatic heterocycles. The van der Waals surface area contributed by atoms with Crippen LogP contribution in [-0.2, 0) is 17.8 Å². The largest absolute Gasteiger partial charge is 0.493 e. The summed E-state index contributed by atoms with van der Waals surface area (Å²) in [6.07, 6.45) is 4.30. The van der Waals surface area contributed by atoms with Gasteiger partial charge >= 0.3 is 0 Å². The highest BCUT2D eigenvalue weighted by Crippen LogP contribution is 2.37. The molecule has 3 rings (SSSR count). The molecule has 0 bridgehead atoms. The molecule has 2 aromatic rings. The highest BCUT2D eigenvalue weighted by molar-refractivity contribution is 8.26. The van der Waals surface area contributed by atoms with Gasteiger partial charge in [0.1, 0.15) is 10.9 Å². The number of benzene rings is 2. The fraction of sp³-hybridized carbons (Fsp3) is 0.250. The fourth-order valence-electron chi connectivity index (χ4n) is 3.15. The maximum absolute atomic E-state index is 12.5. The molecule has 1 aliphatic rings. The predicted octanol–water partition coefficient (Wildman–Crippen LogP) is 5.53. The van der Waals surface area contributed by atoms with Gasteiger partial charge < -0.3 is 9.47 Å². The van der Waals surface area contributed by atoms with Gasteiger partial charge in [-0.1, -0.05) is 59.9 Å². The average molecular weight is 440 g/mol. The minimum Gasteiger partial charge on any atom is -0.493 e. The molecule has 0 spiro atoms. The molecule has 2 aromatic carbocycles. The van der Waals surface area contributed by atoms with Gasteiger partial charge in [0.2, 0.25) is 0 Å². The lowest BCUT2D eigenvalue weighted by atomic mass is 10.0. The van der Waals surface area contributed by atoms with Gasteiger partial charge in [-0.05, 0) is 49.6 Å². The zero-order valence-electron chi connectivity index (χ0n) is 17.4. The lowest BCUT2D eigenvalue weighted by molar-refractivity contribution is -0.121. The third kappa shape index (κ3) is 4.94. The zero-order valence-corrected chi connectivity index (χ0v) is 19.1. The number of rotatable bonds is 8. The van der Waals surface area contributed by atoms with Gasteiger partial charge in [-0.2, -0.15) is 0 Å². The number of carbonyl (C=O) groups excluding carboxylic acids is 1. The molecule has 6 heteroatoms. The van der Waals surface area contributed by atoms with Crippen LogP contribution in [0.4, 0.5) is 0 Å².